The molecule has 0 aliphatic carbocycles. The number of carboxylic acids is 1. The second kappa shape index (κ2) is 7.24. The van der Waals surface area contributed by atoms with Crippen molar-refractivity contribution in [3.63, 3.8) is 0 Å². The van der Waals surface area contributed by atoms with Crippen LogP contribution < -0.4 is 0 Å². The Kier molecular flexibility index (Phi) is 6.70. The van der Waals surface area contributed by atoms with Gasteiger partial charge >= 0.3 is 12.1 Å². The number of likely N-dealkylation sites (N-methyl/N-ethyl adjacent to an activating group) is 1. The first kappa shape index (κ1) is 17.6. The Balaban J connectivity index is 4.13. The molecule has 9 heteroatoms. The van der Waals surface area contributed by atoms with E-state index < -0.39 is 30.6 Å². The van der Waals surface area contributed by atoms with Gasteiger partial charge in [-0.05, 0) is 20.8 Å². The van der Waals surface area contributed by atoms with Crippen molar-refractivity contribution < 1.29 is 34.2 Å². The summed E-state index contributed by atoms with van der Waals surface area (Å²) >= 11 is 0. The molecule has 1 atom stereocenters. The van der Waals surface area contributed by atoms with Crippen LogP contribution in [0.5, 0.6) is 0 Å². The van der Waals surface area contributed by atoms with E-state index in [0.29, 0.717) is 0 Å². The van der Waals surface area contributed by atoms with Crippen molar-refractivity contribution in [2.75, 3.05) is 13.6 Å². The maximum atomic E-state index is 11.3. The molecule has 0 bridgehead atoms. The number of carbonyl (C=O) groups is 2. The summed E-state index contributed by atoms with van der Waals surface area (Å²) in [7, 11) is 1.27. The van der Waals surface area contributed by atoms with Crippen molar-refractivity contribution in [2.24, 2.45) is 0 Å². The number of aliphatic carboxylic acids is 1. The van der Waals surface area contributed by atoms with E-state index in [2.05, 4.69) is 0 Å². The number of hydrogen-bond donors (Lipinski definition) is 2. The van der Waals surface area contributed by atoms with Gasteiger partial charge in [-0.25, -0.2) is 9.63 Å². The van der Waals surface area contributed by atoms with Crippen LogP contribution in [-0.4, -0.2) is 58.3 Å². The molecule has 0 saturated heterocycles. The standard InChI is InChI=1S/C10H20N2O7/c1-7(17-9(15)18-10(2,3)4)19-12(16)11(5)6-8(13)14/h7,16H,6H2,1-5H3,(H,13,14). The van der Waals surface area contributed by atoms with E-state index >= 15 is 0 Å². The van der Waals surface area contributed by atoms with E-state index in [1.54, 1.807) is 20.8 Å². The van der Waals surface area contributed by atoms with Crippen LogP contribution >= 0.6 is 0 Å². The Morgan fingerprint density at radius 2 is 1.84 bits per heavy atom. The minimum atomic E-state index is -1.16. The molecule has 1 unspecified atom stereocenters. The van der Waals surface area contributed by atoms with Gasteiger partial charge in [-0.1, -0.05) is 0 Å². The van der Waals surface area contributed by atoms with Gasteiger partial charge in [-0.15, -0.1) is 0 Å². The van der Waals surface area contributed by atoms with Crippen LogP contribution in [0.1, 0.15) is 27.7 Å². The first-order valence-electron chi connectivity index (χ1n) is 5.49. The monoisotopic (exact) mass is 280 g/mol. The van der Waals surface area contributed by atoms with E-state index in [0.717, 1.165) is 5.01 Å². The summed E-state index contributed by atoms with van der Waals surface area (Å²) in [4.78, 5) is 26.4. The number of hydrazine groups is 1. The molecule has 19 heavy (non-hydrogen) atoms. The lowest BCUT2D eigenvalue weighted by atomic mass is 10.2. The predicted octanol–water partition coefficient (Wildman–Crippen LogP) is 0.838. The van der Waals surface area contributed by atoms with Gasteiger partial charge in [0.15, 0.2) is 0 Å². The van der Waals surface area contributed by atoms with Crippen LogP contribution in [0.15, 0.2) is 0 Å². The summed E-state index contributed by atoms with van der Waals surface area (Å²) in [5.74, 6) is -1.16. The SMILES string of the molecule is CC(OC(=O)OC(C)(C)C)ON(O)N(C)CC(=O)O. The fraction of sp³-hybridized carbons (Fsp3) is 0.800. The molecule has 0 aromatic rings. The van der Waals surface area contributed by atoms with Gasteiger partial charge in [-0.3, -0.25) is 10.0 Å². The molecule has 0 aromatic heterocycles. The molecule has 9 nitrogen and oxygen atoms in total. The molecule has 0 rings (SSSR count). The normalized spacial score (nSPS) is 13.5. The van der Waals surface area contributed by atoms with Crippen molar-refractivity contribution >= 4 is 12.1 Å². The third kappa shape index (κ3) is 9.19. The van der Waals surface area contributed by atoms with E-state index in [1.165, 1.54) is 14.0 Å². The highest BCUT2D eigenvalue weighted by atomic mass is 17.0. The molecule has 0 spiro atoms. The highest BCUT2D eigenvalue weighted by molar-refractivity contribution is 5.68. The fourth-order valence-corrected chi connectivity index (χ4v) is 0.901. The van der Waals surface area contributed by atoms with Crippen LogP contribution in [-0.2, 0) is 19.1 Å². The Hall–Kier alpha value is -1.42. The van der Waals surface area contributed by atoms with Gasteiger partial charge in [0.25, 0.3) is 0 Å². The molecular weight excluding hydrogens is 260 g/mol. The highest BCUT2D eigenvalue weighted by Crippen LogP contribution is 2.10. The Bertz CT molecular complexity index is 315. The third-order valence-corrected chi connectivity index (χ3v) is 1.55. The molecule has 0 radical (unpaired) electrons. The van der Waals surface area contributed by atoms with E-state index in [4.69, 9.17) is 19.4 Å². The van der Waals surface area contributed by atoms with Crippen LogP contribution in [0.3, 0.4) is 0 Å². The second-order valence-corrected chi connectivity index (χ2v) is 4.72. The topological polar surface area (TPSA) is 109 Å². The number of ether oxygens (including phenoxy) is 2. The zero-order chi connectivity index (χ0) is 15.2. The number of nitrogens with zero attached hydrogens (tertiary/aromatic N) is 2. The number of carboxylic acid groups (broad SMARTS) is 1. The average Bonchev–Trinajstić information content (AvgIpc) is 2.11. The molecule has 0 amide bonds. The van der Waals surface area contributed by atoms with E-state index in [-0.39, 0.29) is 5.34 Å². The lowest BCUT2D eigenvalue weighted by Gasteiger charge is -2.26. The minimum Gasteiger partial charge on any atom is -0.480 e. The number of carbonyl (C=O) groups excluding carboxylic acids is 1. The predicted molar refractivity (Wildman–Crippen MR) is 61.8 cm³/mol. The lowest BCUT2D eigenvalue weighted by molar-refractivity contribution is -0.467. The lowest BCUT2D eigenvalue weighted by Crippen LogP contribution is -2.43. The largest absolute Gasteiger partial charge is 0.511 e. The summed E-state index contributed by atoms with van der Waals surface area (Å²) < 4.78 is 9.56. The summed E-state index contributed by atoms with van der Waals surface area (Å²) in [6.45, 7) is 5.84. The van der Waals surface area contributed by atoms with Gasteiger partial charge in [0.2, 0.25) is 6.29 Å². The zero-order valence-corrected chi connectivity index (χ0v) is 11.6. The summed E-state index contributed by atoms with van der Waals surface area (Å²) in [5, 5.41) is 18.9. The Morgan fingerprint density at radius 3 is 2.26 bits per heavy atom. The molecule has 0 heterocycles. The molecule has 0 aliphatic heterocycles. The van der Waals surface area contributed by atoms with Crippen LogP contribution in [0, 0.1) is 0 Å². The third-order valence-electron chi connectivity index (χ3n) is 1.55. The van der Waals surface area contributed by atoms with Crippen molar-refractivity contribution in [3.05, 3.63) is 0 Å². The molecule has 0 aliphatic rings. The second-order valence-electron chi connectivity index (χ2n) is 4.72. The van der Waals surface area contributed by atoms with E-state index in [1.807, 2.05) is 0 Å². The van der Waals surface area contributed by atoms with Gasteiger partial charge in [0.05, 0.1) is 0 Å². The van der Waals surface area contributed by atoms with Crippen LogP contribution in [0.4, 0.5) is 4.79 Å². The van der Waals surface area contributed by atoms with Gasteiger partial charge in [0.1, 0.15) is 12.1 Å². The highest BCUT2D eigenvalue weighted by Gasteiger charge is 2.22. The van der Waals surface area contributed by atoms with Crippen molar-refractivity contribution in [2.45, 2.75) is 39.6 Å². The molecule has 112 valence electrons. The van der Waals surface area contributed by atoms with E-state index in [9.17, 15) is 14.8 Å². The average molecular weight is 280 g/mol. The molecular formula is C10H20N2O7. The Labute approximate surface area is 111 Å². The number of hydrogen-bond acceptors (Lipinski definition) is 8. The molecule has 0 fully saturated rings. The van der Waals surface area contributed by atoms with Crippen LogP contribution in [0.2, 0.25) is 0 Å². The molecule has 0 saturated carbocycles. The first-order valence-corrected chi connectivity index (χ1v) is 5.49. The Morgan fingerprint density at radius 1 is 1.32 bits per heavy atom. The maximum Gasteiger partial charge on any atom is 0.511 e. The summed E-state index contributed by atoms with van der Waals surface area (Å²) in [6.07, 6.45) is -2.12. The first-order chi connectivity index (χ1) is 8.51. The van der Waals surface area contributed by atoms with Gasteiger partial charge in [0, 0.05) is 19.3 Å². The van der Waals surface area contributed by atoms with Crippen molar-refractivity contribution in [1.29, 1.82) is 0 Å². The zero-order valence-electron chi connectivity index (χ0n) is 11.6. The van der Waals surface area contributed by atoms with Crippen LogP contribution in [0.25, 0.3) is 0 Å². The summed E-state index contributed by atoms with van der Waals surface area (Å²) in [5.41, 5.74) is -0.712. The van der Waals surface area contributed by atoms with Crippen molar-refractivity contribution in [1.82, 2.24) is 10.3 Å². The number of rotatable bonds is 6. The van der Waals surface area contributed by atoms with Crippen molar-refractivity contribution in [3.8, 4) is 0 Å². The van der Waals surface area contributed by atoms with Gasteiger partial charge in [-0.2, -0.15) is 5.01 Å². The smallest absolute Gasteiger partial charge is 0.480 e. The minimum absolute atomic E-state index is 0.170. The molecule has 0 aromatic carbocycles. The fourth-order valence-electron chi connectivity index (χ4n) is 0.901. The quantitative estimate of drug-likeness (QED) is 0.415. The molecule has 2 N–H and O–H groups in total. The summed E-state index contributed by atoms with van der Waals surface area (Å²) in [6, 6.07) is 0. The maximum absolute atomic E-state index is 11.3. The van der Waals surface area contributed by atoms with Gasteiger partial charge < -0.3 is 14.6 Å².